The predicted octanol–water partition coefficient (Wildman–Crippen LogP) is 1.60. The van der Waals surface area contributed by atoms with Gasteiger partial charge in [-0.15, -0.1) is 0 Å². The zero-order chi connectivity index (χ0) is 13.1. The van der Waals surface area contributed by atoms with Gasteiger partial charge in [0.15, 0.2) is 0 Å². The summed E-state index contributed by atoms with van der Waals surface area (Å²) in [6.45, 7) is 2.01. The van der Waals surface area contributed by atoms with E-state index < -0.39 is 0 Å². The number of nitrogens with one attached hydrogen (secondary N) is 1. The number of imide groups is 1. The van der Waals surface area contributed by atoms with Crippen LogP contribution in [0.25, 0.3) is 0 Å². The van der Waals surface area contributed by atoms with Crippen molar-refractivity contribution in [3.05, 3.63) is 29.3 Å². The molecule has 1 aromatic rings. The summed E-state index contributed by atoms with van der Waals surface area (Å²) in [5.41, 5.74) is 2.16. The van der Waals surface area contributed by atoms with Crippen LogP contribution in [0.4, 0.5) is 0 Å². The SMILES string of the molecule is COc1ccc(C)cc1CC1CCC(=O)NC1=O. The summed E-state index contributed by atoms with van der Waals surface area (Å²) in [4.78, 5) is 22.8. The number of rotatable bonds is 3. The molecule has 1 N–H and O–H groups in total. The van der Waals surface area contributed by atoms with Crippen LogP contribution in [-0.4, -0.2) is 18.9 Å². The number of benzene rings is 1. The maximum absolute atomic E-state index is 11.7. The van der Waals surface area contributed by atoms with E-state index in [-0.39, 0.29) is 17.7 Å². The Balaban J connectivity index is 2.16. The van der Waals surface area contributed by atoms with Crippen molar-refractivity contribution in [2.45, 2.75) is 26.2 Å². The lowest BCUT2D eigenvalue weighted by Gasteiger charge is -2.21. The standard InChI is InChI=1S/C14H17NO3/c1-9-3-5-12(18-2)11(7-9)8-10-4-6-13(16)15-14(10)17/h3,5,7,10H,4,6,8H2,1-2H3,(H,15,16,17). The third-order valence-corrected chi connectivity index (χ3v) is 3.26. The first-order valence-corrected chi connectivity index (χ1v) is 6.07. The van der Waals surface area contributed by atoms with Crippen molar-refractivity contribution in [2.24, 2.45) is 5.92 Å². The predicted molar refractivity (Wildman–Crippen MR) is 67.3 cm³/mol. The maximum Gasteiger partial charge on any atom is 0.230 e. The summed E-state index contributed by atoms with van der Waals surface area (Å²) in [6, 6.07) is 5.92. The molecule has 2 rings (SSSR count). The highest BCUT2D eigenvalue weighted by atomic mass is 16.5. The summed E-state index contributed by atoms with van der Waals surface area (Å²) < 4.78 is 5.30. The maximum atomic E-state index is 11.7. The lowest BCUT2D eigenvalue weighted by Crippen LogP contribution is -2.41. The Bertz CT molecular complexity index is 482. The molecule has 1 aliphatic rings. The molecular formula is C14H17NO3. The fraction of sp³-hybridized carbons (Fsp3) is 0.429. The molecule has 1 fully saturated rings. The summed E-state index contributed by atoms with van der Waals surface area (Å²) >= 11 is 0. The second-order valence-electron chi connectivity index (χ2n) is 4.67. The molecule has 1 saturated heterocycles. The number of hydrogen-bond acceptors (Lipinski definition) is 3. The molecule has 0 aliphatic carbocycles. The average molecular weight is 247 g/mol. The Labute approximate surface area is 106 Å². The molecule has 4 heteroatoms. The van der Waals surface area contributed by atoms with E-state index in [0.29, 0.717) is 19.3 Å². The van der Waals surface area contributed by atoms with E-state index in [9.17, 15) is 9.59 Å². The quantitative estimate of drug-likeness (QED) is 0.825. The molecular weight excluding hydrogens is 230 g/mol. The van der Waals surface area contributed by atoms with Crippen molar-refractivity contribution >= 4 is 11.8 Å². The molecule has 1 heterocycles. The first-order chi connectivity index (χ1) is 8.60. The highest BCUT2D eigenvalue weighted by Crippen LogP contribution is 2.25. The van der Waals surface area contributed by atoms with Gasteiger partial charge >= 0.3 is 0 Å². The highest BCUT2D eigenvalue weighted by Gasteiger charge is 2.27. The van der Waals surface area contributed by atoms with Crippen molar-refractivity contribution in [3.8, 4) is 5.75 Å². The fourth-order valence-electron chi connectivity index (χ4n) is 2.27. The number of ether oxygens (including phenoxy) is 1. The van der Waals surface area contributed by atoms with Gasteiger partial charge in [-0.05, 0) is 31.4 Å². The van der Waals surface area contributed by atoms with Gasteiger partial charge in [-0.3, -0.25) is 14.9 Å². The zero-order valence-electron chi connectivity index (χ0n) is 10.7. The van der Waals surface area contributed by atoms with Crippen molar-refractivity contribution in [1.82, 2.24) is 5.32 Å². The molecule has 4 nitrogen and oxygen atoms in total. The summed E-state index contributed by atoms with van der Waals surface area (Å²) in [5.74, 6) is 0.311. The Morgan fingerprint density at radius 3 is 2.83 bits per heavy atom. The third-order valence-electron chi connectivity index (χ3n) is 3.26. The molecule has 96 valence electrons. The molecule has 1 unspecified atom stereocenters. The Morgan fingerprint density at radius 2 is 2.17 bits per heavy atom. The number of amides is 2. The molecule has 0 aromatic heterocycles. The topological polar surface area (TPSA) is 55.4 Å². The van der Waals surface area contributed by atoms with Crippen LogP contribution in [-0.2, 0) is 16.0 Å². The molecule has 1 aromatic carbocycles. The van der Waals surface area contributed by atoms with E-state index in [1.165, 1.54) is 0 Å². The van der Waals surface area contributed by atoms with Gasteiger partial charge < -0.3 is 4.74 Å². The Morgan fingerprint density at radius 1 is 1.39 bits per heavy atom. The van der Waals surface area contributed by atoms with Gasteiger partial charge in [-0.2, -0.15) is 0 Å². The van der Waals surface area contributed by atoms with E-state index >= 15 is 0 Å². The van der Waals surface area contributed by atoms with Crippen LogP contribution in [0.2, 0.25) is 0 Å². The monoisotopic (exact) mass is 247 g/mol. The molecule has 2 amide bonds. The number of aryl methyl sites for hydroxylation is 1. The Hall–Kier alpha value is -1.84. The summed E-state index contributed by atoms with van der Waals surface area (Å²) in [7, 11) is 1.62. The lowest BCUT2D eigenvalue weighted by atomic mass is 9.90. The fourth-order valence-corrected chi connectivity index (χ4v) is 2.27. The van der Waals surface area contributed by atoms with E-state index in [2.05, 4.69) is 5.32 Å². The van der Waals surface area contributed by atoms with Crippen LogP contribution in [0, 0.1) is 12.8 Å². The smallest absolute Gasteiger partial charge is 0.230 e. The van der Waals surface area contributed by atoms with Crippen molar-refractivity contribution in [2.75, 3.05) is 7.11 Å². The second kappa shape index (κ2) is 5.21. The minimum atomic E-state index is -0.174. The van der Waals surface area contributed by atoms with Crippen LogP contribution in [0.5, 0.6) is 5.75 Å². The third kappa shape index (κ3) is 2.70. The molecule has 0 spiro atoms. The van der Waals surface area contributed by atoms with E-state index in [4.69, 9.17) is 4.74 Å². The first-order valence-electron chi connectivity index (χ1n) is 6.07. The second-order valence-corrected chi connectivity index (χ2v) is 4.67. The van der Waals surface area contributed by atoms with Crippen molar-refractivity contribution in [1.29, 1.82) is 0 Å². The number of hydrogen-bond donors (Lipinski definition) is 1. The van der Waals surface area contributed by atoms with Gasteiger partial charge in [0.05, 0.1) is 7.11 Å². The molecule has 1 atom stereocenters. The van der Waals surface area contributed by atoms with E-state index in [0.717, 1.165) is 16.9 Å². The van der Waals surface area contributed by atoms with Gasteiger partial charge in [-0.25, -0.2) is 0 Å². The van der Waals surface area contributed by atoms with Crippen LogP contribution in [0.1, 0.15) is 24.0 Å². The molecule has 1 aliphatic heterocycles. The Kier molecular flexibility index (Phi) is 3.65. The van der Waals surface area contributed by atoms with Crippen LogP contribution < -0.4 is 10.1 Å². The number of methoxy groups -OCH3 is 1. The molecule has 0 saturated carbocycles. The van der Waals surface area contributed by atoms with Crippen LogP contribution >= 0.6 is 0 Å². The van der Waals surface area contributed by atoms with Gasteiger partial charge in [0.25, 0.3) is 0 Å². The minimum absolute atomic E-state index is 0.140. The van der Waals surface area contributed by atoms with Gasteiger partial charge in [0.1, 0.15) is 5.75 Å². The van der Waals surface area contributed by atoms with Gasteiger partial charge in [0.2, 0.25) is 11.8 Å². The number of carbonyl (C=O) groups excluding carboxylic acids is 2. The van der Waals surface area contributed by atoms with E-state index in [1.807, 2.05) is 25.1 Å². The molecule has 0 bridgehead atoms. The summed E-state index contributed by atoms with van der Waals surface area (Å²) in [5, 5.41) is 2.38. The van der Waals surface area contributed by atoms with Crippen molar-refractivity contribution < 1.29 is 14.3 Å². The highest BCUT2D eigenvalue weighted by molar-refractivity contribution is 5.98. The van der Waals surface area contributed by atoms with Gasteiger partial charge in [-0.1, -0.05) is 17.7 Å². The normalized spacial score (nSPS) is 19.6. The zero-order valence-corrected chi connectivity index (χ0v) is 10.7. The summed E-state index contributed by atoms with van der Waals surface area (Å²) in [6.07, 6.45) is 1.65. The first kappa shape index (κ1) is 12.6. The van der Waals surface area contributed by atoms with E-state index in [1.54, 1.807) is 7.11 Å². The number of piperidine rings is 1. The van der Waals surface area contributed by atoms with Crippen molar-refractivity contribution in [3.63, 3.8) is 0 Å². The minimum Gasteiger partial charge on any atom is -0.496 e. The van der Waals surface area contributed by atoms with Gasteiger partial charge in [0, 0.05) is 12.3 Å². The molecule has 0 radical (unpaired) electrons. The average Bonchev–Trinajstić information content (AvgIpc) is 2.33. The van der Waals surface area contributed by atoms with Crippen LogP contribution in [0.15, 0.2) is 18.2 Å². The van der Waals surface area contributed by atoms with Crippen LogP contribution in [0.3, 0.4) is 0 Å². The largest absolute Gasteiger partial charge is 0.496 e. The number of carbonyl (C=O) groups is 2. The molecule has 18 heavy (non-hydrogen) atoms. The lowest BCUT2D eigenvalue weighted by molar-refractivity contribution is -0.136.